The second kappa shape index (κ2) is 7.55. The van der Waals surface area contributed by atoms with E-state index in [2.05, 4.69) is 20.2 Å². The predicted octanol–water partition coefficient (Wildman–Crippen LogP) is 1.11. The lowest BCUT2D eigenvalue weighted by Gasteiger charge is -2.50. The standard InChI is InChI=1S/C17H28N4O3S/c1-3-25(22,23)9-7-21-12-17(13-21)15(5-8-24-17)4-6-18-16-19-10-14(2)11-20-16/h10-11,15H,3-9,12-13H2,1-2H3,(H,18,19,20)/t15-/m0/s1. The monoisotopic (exact) mass is 368 g/mol. The Bertz CT molecular complexity index is 672. The van der Waals surface area contributed by atoms with Gasteiger partial charge in [-0.15, -0.1) is 0 Å². The molecule has 0 unspecified atom stereocenters. The van der Waals surface area contributed by atoms with Crippen molar-refractivity contribution >= 4 is 15.8 Å². The lowest BCUT2D eigenvalue weighted by atomic mass is 9.79. The molecule has 1 aromatic rings. The Hall–Kier alpha value is -1.25. The maximum Gasteiger partial charge on any atom is 0.222 e. The van der Waals surface area contributed by atoms with Crippen LogP contribution in [0, 0.1) is 12.8 Å². The average molecular weight is 369 g/mol. The molecule has 140 valence electrons. The second-order valence-electron chi connectivity index (χ2n) is 7.15. The van der Waals surface area contributed by atoms with Crippen molar-refractivity contribution in [3.8, 4) is 0 Å². The van der Waals surface area contributed by atoms with E-state index in [-0.39, 0.29) is 17.1 Å². The van der Waals surface area contributed by atoms with Crippen LogP contribution in [0.15, 0.2) is 12.4 Å². The summed E-state index contributed by atoms with van der Waals surface area (Å²) < 4.78 is 29.3. The normalized spacial score (nSPS) is 22.9. The Morgan fingerprint density at radius 1 is 1.36 bits per heavy atom. The number of hydrogen-bond acceptors (Lipinski definition) is 7. The molecule has 3 rings (SSSR count). The molecule has 0 aliphatic carbocycles. The van der Waals surface area contributed by atoms with E-state index in [9.17, 15) is 8.42 Å². The van der Waals surface area contributed by atoms with Gasteiger partial charge < -0.3 is 10.1 Å². The molecule has 2 saturated heterocycles. The Morgan fingerprint density at radius 3 is 2.76 bits per heavy atom. The van der Waals surface area contributed by atoms with Crippen molar-refractivity contribution in [2.24, 2.45) is 5.92 Å². The smallest absolute Gasteiger partial charge is 0.222 e. The Kier molecular flexibility index (Phi) is 5.60. The van der Waals surface area contributed by atoms with E-state index in [0.29, 0.717) is 18.4 Å². The van der Waals surface area contributed by atoms with Crippen LogP contribution < -0.4 is 5.32 Å². The molecule has 7 nitrogen and oxygen atoms in total. The van der Waals surface area contributed by atoms with Crippen molar-refractivity contribution < 1.29 is 13.2 Å². The third-order valence-electron chi connectivity index (χ3n) is 5.30. The van der Waals surface area contributed by atoms with E-state index in [1.165, 1.54) is 0 Å². The zero-order valence-electron chi connectivity index (χ0n) is 15.1. The third-order valence-corrected chi connectivity index (χ3v) is 6.98. The van der Waals surface area contributed by atoms with Gasteiger partial charge in [-0.2, -0.15) is 0 Å². The van der Waals surface area contributed by atoms with E-state index in [0.717, 1.165) is 44.6 Å². The molecule has 3 heterocycles. The number of sulfone groups is 1. The number of nitrogens with zero attached hydrogens (tertiary/aromatic N) is 3. The van der Waals surface area contributed by atoms with Crippen molar-refractivity contribution in [2.75, 3.05) is 49.6 Å². The van der Waals surface area contributed by atoms with Crippen LogP contribution in [-0.4, -0.2) is 73.2 Å². The average Bonchev–Trinajstić information content (AvgIpc) is 2.98. The molecular weight excluding hydrogens is 340 g/mol. The predicted molar refractivity (Wildman–Crippen MR) is 97.4 cm³/mol. The summed E-state index contributed by atoms with van der Waals surface area (Å²) in [6.07, 6.45) is 5.70. The lowest BCUT2D eigenvalue weighted by Crippen LogP contribution is -2.65. The minimum absolute atomic E-state index is 0.0776. The molecule has 0 amide bonds. The number of anilines is 1. The van der Waals surface area contributed by atoms with Gasteiger partial charge in [-0.1, -0.05) is 6.92 Å². The minimum atomic E-state index is -2.89. The van der Waals surface area contributed by atoms with Gasteiger partial charge in [0.25, 0.3) is 0 Å². The zero-order chi connectivity index (χ0) is 17.9. The van der Waals surface area contributed by atoms with Crippen LogP contribution in [-0.2, 0) is 14.6 Å². The summed E-state index contributed by atoms with van der Waals surface area (Å²) in [5, 5.41) is 3.28. The topological polar surface area (TPSA) is 84.4 Å². The number of ether oxygens (including phenoxy) is 1. The van der Waals surface area contributed by atoms with Crippen LogP contribution in [0.4, 0.5) is 5.95 Å². The molecule has 8 heteroatoms. The van der Waals surface area contributed by atoms with E-state index in [1.807, 2.05) is 19.3 Å². The highest BCUT2D eigenvalue weighted by molar-refractivity contribution is 7.91. The number of aromatic nitrogens is 2. The van der Waals surface area contributed by atoms with Gasteiger partial charge in [-0.05, 0) is 31.2 Å². The largest absolute Gasteiger partial charge is 0.372 e. The number of likely N-dealkylation sites (tertiary alicyclic amines) is 1. The SMILES string of the molecule is CCS(=O)(=O)CCN1CC2(C1)OCC[C@@H]2CCNc1ncc(C)cn1. The van der Waals surface area contributed by atoms with Crippen LogP contribution >= 0.6 is 0 Å². The maximum absolute atomic E-state index is 11.6. The fourth-order valence-electron chi connectivity index (χ4n) is 3.67. The molecule has 2 aliphatic rings. The molecule has 1 atom stereocenters. The molecule has 2 fully saturated rings. The molecule has 1 N–H and O–H groups in total. The van der Waals surface area contributed by atoms with E-state index in [4.69, 9.17) is 4.74 Å². The van der Waals surface area contributed by atoms with Gasteiger partial charge in [0, 0.05) is 50.9 Å². The van der Waals surface area contributed by atoms with Gasteiger partial charge in [0.1, 0.15) is 0 Å². The highest BCUT2D eigenvalue weighted by Gasteiger charge is 2.52. The van der Waals surface area contributed by atoms with Crippen LogP contribution in [0.2, 0.25) is 0 Å². The van der Waals surface area contributed by atoms with Gasteiger partial charge in [0.15, 0.2) is 9.84 Å². The molecular formula is C17H28N4O3S. The third kappa shape index (κ3) is 4.48. The summed E-state index contributed by atoms with van der Waals surface area (Å²) in [6, 6.07) is 0. The summed E-state index contributed by atoms with van der Waals surface area (Å²) in [4.78, 5) is 10.7. The molecule has 0 bridgehead atoms. The minimum Gasteiger partial charge on any atom is -0.372 e. The summed E-state index contributed by atoms with van der Waals surface area (Å²) in [5.41, 5.74) is 0.972. The van der Waals surface area contributed by atoms with Crippen molar-refractivity contribution in [2.45, 2.75) is 32.3 Å². The molecule has 0 radical (unpaired) electrons. The van der Waals surface area contributed by atoms with Crippen molar-refractivity contribution in [3.63, 3.8) is 0 Å². The first-order valence-electron chi connectivity index (χ1n) is 9.02. The maximum atomic E-state index is 11.6. The van der Waals surface area contributed by atoms with Gasteiger partial charge in [0.05, 0.1) is 11.4 Å². The quantitative estimate of drug-likeness (QED) is 0.736. The Morgan fingerprint density at radius 2 is 2.08 bits per heavy atom. The first-order valence-corrected chi connectivity index (χ1v) is 10.8. The lowest BCUT2D eigenvalue weighted by molar-refractivity contribution is -0.131. The first-order chi connectivity index (χ1) is 11.9. The first kappa shape index (κ1) is 18.5. The summed E-state index contributed by atoms with van der Waals surface area (Å²) in [6.45, 7) is 7.60. The number of aryl methyl sites for hydroxylation is 1. The van der Waals surface area contributed by atoms with E-state index < -0.39 is 9.84 Å². The molecule has 1 spiro atoms. The Balaban J connectivity index is 1.43. The van der Waals surface area contributed by atoms with E-state index >= 15 is 0 Å². The number of nitrogens with one attached hydrogen (secondary N) is 1. The zero-order valence-corrected chi connectivity index (χ0v) is 15.9. The second-order valence-corrected chi connectivity index (χ2v) is 9.62. The van der Waals surface area contributed by atoms with Gasteiger partial charge >= 0.3 is 0 Å². The van der Waals surface area contributed by atoms with Gasteiger partial charge in [-0.25, -0.2) is 18.4 Å². The van der Waals surface area contributed by atoms with Gasteiger partial charge in [-0.3, -0.25) is 4.90 Å². The summed E-state index contributed by atoms with van der Waals surface area (Å²) in [5.74, 6) is 1.64. The fourth-order valence-corrected chi connectivity index (χ4v) is 4.49. The van der Waals surface area contributed by atoms with Crippen LogP contribution in [0.3, 0.4) is 0 Å². The van der Waals surface area contributed by atoms with Crippen LogP contribution in [0.1, 0.15) is 25.3 Å². The van der Waals surface area contributed by atoms with Gasteiger partial charge in [0.2, 0.25) is 5.95 Å². The molecule has 0 saturated carbocycles. The molecule has 1 aromatic heterocycles. The van der Waals surface area contributed by atoms with Crippen molar-refractivity contribution in [1.82, 2.24) is 14.9 Å². The molecule has 25 heavy (non-hydrogen) atoms. The van der Waals surface area contributed by atoms with E-state index in [1.54, 1.807) is 6.92 Å². The van der Waals surface area contributed by atoms with Crippen molar-refractivity contribution in [1.29, 1.82) is 0 Å². The number of hydrogen-bond donors (Lipinski definition) is 1. The summed E-state index contributed by atoms with van der Waals surface area (Å²) in [7, 11) is -2.89. The van der Waals surface area contributed by atoms with Crippen LogP contribution in [0.5, 0.6) is 0 Å². The summed E-state index contributed by atoms with van der Waals surface area (Å²) >= 11 is 0. The highest BCUT2D eigenvalue weighted by atomic mass is 32.2. The fraction of sp³-hybridized carbons (Fsp3) is 0.765. The Labute approximate surface area is 150 Å². The van der Waals surface area contributed by atoms with Crippen LogP contribution in [0.25, 0.3) is 0 Å². The number of rotatable bonds is 8. The molecule has 2 aliphatic heterocycles. The molecule has 0 aromatic carbocycles. The highest BCUT2D eigenvalue weighted by Crippen LogP contribution is 2.41. The van der Waals surface area contributed by atoms with Crippen molar-refractivity contribution in [3.05, 3.63) is 18.0 Å².